The minimum absolute atomic E-state index is 0.0113. The molecule has 5 nitrogen and oxygen atoms in total. The van der Waals surface area contributed by atoms with Gasteiger partial charge in [-0.2, -0.15) is 15.4 Å². The number of hydrogen-bond acceptors (Lipinski definition) is 3. The quantitative estimate of drug-likeness (QED) is 0.750. The highest BCUT2D eigenvalue weighted by Crippen LogP contribution is 2.22. The van der Waals surface area contributed by atoms with E-state index >= 15 is 0 Å². The monoisotopic (exact) mass is 208 g/mol. The molecule has 0 saturated carbocycles. The Labute approximate surface area is 88.9 Å². The molecule has 1 N–H and O–H groups in total. The summed E-state index contributed by atoms with van der Waals surface area (Å²) in [6, 6.07) is 0.311. The fourth-order valence-corrected chi connectivity index (χ4v) is 2.02. The molecule has 2 unspecified atom stereocenters. The van der Waals surface area contributed by atoms with Crippen molar-refractivity contribution in [1.82, 2.24) is 20.3 Å². The highest BCUT2D eigenvalue weighted by molar-refractivity contribution is 5.92. The summed E-state index contributed by atoms with van der Waals surface area (Å²) in [5.41, 5.74) is 0.413. The zero-order valence-corrected chi connectivity index (χ0v) is 9.10. The summed E-state index contributed by atoms with van der Waals surface area (Å²) in [5.74, 6) is 0.569. The van der Waals surface area contributed by atoms with Gasteiger partial charge in [-0.25, -0.2) is 0 Å². The summed E-state index contributed by atoms with van der Waals surface area (Å²) in [5, 5.41) is 9.95. The van der Waals surface area contributed by atoms with Crippen LogP contribution in [0, 0.1) is 5.92 Å². The lowest BCUT2D eigenvalue weighted by molar-refractivity contribution is 0.0568. The van der Waals surface area contributed by atoms with Gasteiger partial charge >= 0.3 is 0 Å². The van der Waals surface area contributed by atoms with Gasteiger partial charge < -0.3 is 4.90 Å². The summed E-state index contributed by atoms with van der Waals surface area (Å²) in [6.07, 6.45) is 3.75. The third-order valence-corrected chi connectivity index (χ3v) is 3.01. The lowest BCUT2D eigenvalue weighted by Gasteiger charge is -2.36. The first-order valence-corrected chi connectivity index (χ1v) is 5.35. The van der Waals surface area contributed by atoms with E-state index in [1.165, 1.54) is 12.6 Å². The number of carbonyl (C=O) groups excluding carboxylic acids is 1. The number of aromatic nitrogens is 3. The van der Waals surface area contributed by atoms with Gasteiger partial charge in [-0.05, 0) is 25.7 Å². The van der Waals surface area contributed by atoms with Gasteiger partial charge in [0.05, 0.1) is 6.20 Å². The number of amides is 1. The van der Waals surface area contributed by atoms with Gasteiger partial charge in [-0.15, -0.1) is 0 Å². The second-order valence-electron chi connectivity index (χ2n) is 4.34. The van der Waals surface area contributed by atoms with Crippen LogP contribution >= 0.6 is 0 Å². The van der Waals surface area contributed by atoms with Crippen LogP contribution in [-0.2, 0) is 0 Å². The Morgan fingerprint density at radius 1 is 1.53 bits per heavy atom. The normalized spacial score (nSPS) is 26.7. The maximum Gasteiger partial charge on any atom is 0.276 e. The zero-order chi connectivity index (χ0) is 10.8. The van der Waals surface area contributed by atoms with Crippen LogP contribution in [0.3, 0.4) is 0 Å². The molecule has 1 aromatic heterocycles. The molecule has 15 heavy (non-hydrogen) atoms. The van der Waals surface area contributed by atoms with Crippen molar-refractivity contribution in [3.63, 3.8) is 0 Å². The topological polar surface area (TPSA) is 61.9 Å². The SMILES string of the molecule is CC1CCC(C)N(C(=O)c2cn[nH]n2)C1. The summed E-state index contributed by atoms with van der Waals surface area (Å²) in [4.78, 5) is 13.9. The molecule has 2 rings (SSSR count). The van der Waals surface area contributed by atoms with E-state index in [4.69, 9.17) is 0 Å². The Bertz CT molecular complexity index is 335. The van der Waals surface area contributed by atoms with Crippen LogP contribution in [-0.4, -0.2) is 38.8 Å². The average molecular weight is 208 g/mol. The molecule has 1 saturated heterocycles. The Kier molecular flexibility index (Phi) is 2.70. The molecule has 1 aromatic rings. The van der Waals surface area contributed by atoms with E-state index in [9.17, 15) is 4.79 Å². The first-order valence-electron chi connectivity index (χ1n) is 5.35. The van der Waals surface area contributed by atoms with Crippen molar-refractivity contribution < 1.29 is 4.79 Å². The van der Waals surface area contributed by atoms with E-state index in [0.717, 1.165) is 13.0 Å². The predicted octanol–water partition coefficient (Wildman–Crippen LogP) is 1.07. The van der Waals surface area contributed by atoms with E-state index in [0.29, 0.717) is 17.7 Å². The minimum Gasteiger partial charge on any atom is -0.334 e. The lowest BCUT2D eigenvalue weighted by atomic mass is 9.95. The molecule has 1 amide bonds. The molecule has 0 radical (unpaired) electrons. The van der Waals surface area contributed by atoms with E-state index < -0.39 is 0 Å². The number of piperidine rings is 1. The molecule has 5 heteroatoms. The lowest BCUT2D eigenvalue weighted by Crippen LogP contribution is -2.45. The summed E-state index contributed by atoms with van der Waals surface area (Å²) < 4.78 is 0. The molecule has 82 valence electrons. The predicted molar refractivity (Wildman–Crippen MR) is 55.3 cm³/mol. The van der Waals surface area contributed by atoms with Crippen LogP contribution < -0.4 is 0 Å². The number of nitrogens with zero attached hydrogens (tertiary/aromatic N) is 3. The molecule has 2 heterocycles. The second-order valence-corrected chi connectivity index (χ2v) is 4.34. The molecule has 1 fully saturated rings. The van der Waals surface area contributed by atoms with Crippen LogP contribution in [0.1, 0.15) is 37.2 Å². The molecular weight excluding hydrogens is 192 g/mol. The van der Waals surface area contributed by atoms with Gasteiger partial charge in [0.1, 0.15) is 0 Å². The van der Waals surface area contributed by atoms with Crippen molar-refractivity contribution in [3.05, 3.63) is 11.9 Å². The summed E-state index contributed by atoms with van der Waals surface area (Å²) >= 11 is 0. The van der Waals surface area contributed by atoms with E-state index in [-0.39, 0.29) is 5.91 Å². The number of rotatable bonds is 1. The number of likely N-dealkylation sites (tertiary alicyclic amines) is 1. The Balaban J connectivity index is 2.12. The third-order valence-electron chi connectivity index (χ3n) is 3.01. The van der Waals surface area contributed by atoms with Gasteiger partial charge in [0.15, 0.2) is 5.69 Å². The Hall–Kier alpha value is -1.39. The average Bonchev–Trinajstić information content (AvgIpc) is 2.74. The molecule has 0 aliphatic carbocycles. The van der Waals surface area contributed by atoms with E-state index in [1.807, 2.05) is 4.90 Å². The van der Waals surface area contributed by atoms with Crippen LogP contribution in [0.2, 0.25) is 0 Å². The standard InChI is InChI=1S/C10H16N4O/c1-7-3-4-8(2)14(6-7)10(15)9-5-11-13-12-9/h5,7-8H,3-4,6H2,1-2H3,(H,11,12,13). The van der Waals surface area contributed by atoms with Gasteiger partial charge in [-0.3, -0.25) is 4.79 Å². The largest absolute Gasteiger partial charge is 0.334 e. The van der Waals surface area contributed by atoms with Gasteiger partial charge in [0.25, 0.3) is 5.91 Å². The molecule has 0 aromatic carbocycles. The number of hydrogen-bond donors (Lipinski definition) is 1. The van der Waals surface area contributed by atoms with Crippen LogP contribution in [0.15, 0.2) is 6.20 Å². The molecule has 2 atom stereocenters. The maximum absolute atomic E-state index is 12.0. The molecule has 1 aliphatic heterocycles. The van der Waals surface area contributed by atoms with Crippen molar-refractivity contribution in [2.75, 3.05) is 6.54 Å². The number of aromatic amines is 1. The van der Waals surface area contributed by atoms with Gasteiger partial charge in [-0.1, -0.05) is 6.92 Å². The van der Waals surface area contributed by atoms with Gasteiger partial charge in [0.2, 0.25) is 0 Å². The smallest absolute Gasteiger partial charge is 0.276 e. The van der Waals surface area contributed by atoms with Crippen LogP contribution in [0.25, 0.3) is 0 Å². The molecule has 0 spiro atoms. The first kappa shape index (κ1) is 10.1. The van der Waals surface area contributed by atoms with E-state index in [1.54, 1.807) is 0 Å². The number of nitrogens with one attached hydrogen (secondary N) is 1. The molecular formula is C10H16N4O. The fourth-order valence-electron chi connectivity index (χ4n) is 2.02. The Morgan fingerprint density at radius 3 is 3.00 bits per heavy atom. The van der Waals surface area contributed by atoms with Crippen LogP contribution in [0.5, 0.6) is 0 Å². The highest BCUT2D eigenvalue weighted by atomic mass is 16.2. The molecule has 1 aliphatic rings. The summed E-state index contributed by atoms with van der Waals surface area (Å²) in [6.45, 7) is 5.09. The van der Waals surface area contributed by atoms with Crippen molar-refractivity contribution >= 4 is 5.91 Å². The first-order chi connectivity index (χ1) is 7.18. The highest BCUT2D eigenvalue weighted by Gasteiger charge is 2.28. The third kappa shape index (κ3) is 2.00. The van der Waals surface area contributed by atoms with Crippen molar-refractivity contribution in [2.24, 2.45) is 5.92 Å². The molecule has 0 bridgehead atoms. The summed E-state index contributed by atoms with van der Waals surface area (Å²) in [7, 11) is 0. The van der Waals surface area contributed by atoms with Crippen molar-refractivity contribution in [1.29, 1.82) is 0 Å². The zero-order valence-electron chi connectivity index (χ0n) is 9.10. The second kappa shape index (κ2) is 4.00. The van der Waals surface area contributed by atoms with E-state index in [2.05, 4.69) is 29.3 Å². The van der Waals surface area contributed by atoms with Crippen molar-refractivity contribution in [2.45, 2.75) is 32.7 Å². The number of H-pyrrole nitrogens is 1. The van der Waals surface area contributed by atoms with Crippen molar-refractivity contribution in [3.8, 4) is 0 Å². The maximum atomic E-state index is 12.0. The minimum atomic E-state index is -0.0113. The van der Waals surface area contributed by atoms with Gasteiger partial charge in [0, 0.05) is 12.6 Å². The number of carbonyl (C=O) groups is 1. The Morgan fingerprint density at radius 2 is 2.33 bits per heavy atom. The van der Waals surface area contributed by atoms with Crippen LogP contribution in [0.4, 0.5) is 0 Å². The fraction of sp³-hybridized carbons (Fsp3) is 0.700.